The first-order valence-corrected chi connectivity index (χ1v) is 9.31. The van der Waals surface area contributed by atoms with Crippen LogP contribution in [0.25, 0.3) is 0 Å². The molecule has 0 aliphatic carbocycles. The maximum absolute atomic E-state index is 15.0. The van der Waals surface area contributed by atoms with Gasteiger partial charge in [-0.05, 0) is 29.9 Å². The van der Waals surface area contributed by atoms with Crippen molar-refractivity contribution in [2.75, 3.05) is 45.2 Å². The van der Waals surface area contributed by atoms with Gasteiger partial charge in [0.1, 0.15) is 29.1 Å². The molecule has 9 nitrogen and oxygen atoms in total. The highest BCUT2D eigenvalue weighted by molar-refractivity contribution is 7.80. The van der Waals surface area contributed by atoms with E-state index in [-0.39, 0.29) is 16.8 Å². The Morgan fingerprint density at radius 1 is 1.28 bits per heavy atom. The van der Waals surface area contributed by atoms with Gasteiger partial charge in [0.2, 0.25) is 0 Å². The number of rotatable bonds is 4. The second-order valence-electron chi connectivity index (χ2n) is 6.37. The molecule has 1 aliphatic heterocycles. The zero-order chi connectivity index (χ0) is 21.0. The molecule has 0 radical (unpaired) electrons. The number of methoxy groups -OCH3 is 1. The first kappa shape index (κ1) is 20.7. The van der Waals surface area contributed by atoms with Crippen LogP contribution >= 0.6 is 12.2 Å². The molecule has 0 bridgehead atoms. The van der Waals surface area contributed by atoms with Crippen molar-refractivity contribution in [2.24, 2.45) is 0 Å². The number of piperazine rings is 1. The number of aromatic amines is 1. The van der Waals surface area contributed by atoms with Crippen molar-refractivity contribution >= 4 is 29.0 Å². The molecular formula is C17H22F2N8OS. The van der Waals surface area contributed by atoms with Crippen LogP contribution in [0.3, 0.4) is 0 Å². The number of nitrogens with zero attached hydrogens (tertiary/aromatic N) is 4. The molecule has 0 amide bonds. The van der Waals surface area contributed by atoms with Crippen LogP contribution < -0.4 is 15.5 Å². The Kier molecular flexibility index (Phi) is 6.42. The highest BCUT2D eigenvalue weighted by Crippen LogP contribution is 2.30. The van der Waals surface area contributed by atoms with Crippen molar-refractivity contribution in [2.45, 2.75) is 6.04 Å². The summed E-state index contributed by atoms with van der Waals surface area (Å²) in [7, 11) is 3.06. The van der Waals surface area contributed by atoms with Crippen LogP contribution in [-0.4, -0.2) is 71.8 Å². The first-order chi connectivity index (χ1) is 13.9. The molecule has 1 unspecified atom stereocenters. The molecule has 156 valence electrons. The molecular weight excluding hydrogens is 402 g/mol. The van der Waals surface area contributed by atoms with Crippen molar-refractivity contribution in [3.05, 3.63) is 41.2 Å². The fourth-order valence-corrected chi connectivity index (χ4v) is 3.34. The summed E-state index contributed by atoms with van der Waals surface area (Å²) in [5, 5.41) is 23.6. The average molecular weight is 424 g/mol. The second-order valence-corrected chi connectivity index (χ2v) is 6.74. The molecule has 2 aromatic rings. The lowest BCUT2D eigenvalue weighted by atomic mass is 10.0. The zero-order valence-corrected chi connectivity index (χ0v) is 16.8. The summed E-state index contributed by atoms with van der Waals surface area (Å²) in [5.41, 5.74) is 0.625. The number of benzene rings is 1. The van der Waals surface area contributed by atoms with Gasteiger partial charge in [0.05, 0.1) is 7.11 Å². The minimum Gasteiger partial charge on any atom is -0.474 e. The Hall–Kier alpha value is -3.02. The summed E-state index contributed by atoms with van der Waals surface area (Å²) in [5.74, 6) is -1.08. The van der Waals surface area contributed by atoms with E-state index in [9.17, 15) is 8.78 Å². The number of hydrogen-bond acceptors (Lipinski definition) is 6. The number of aromatic nitrogens is 3. The predicted molar refractivity (Wildman–Crippen MR) is 108 cm³/mol. The fourth-order valence-electron chi connectivity index (χ4n) is 3.22. The molecule has 3 rings (SSSR count). The Morgan fingerprint density at radius 3 is 2.45 bits per heavy atom. The Morgan fingerprint density at radius 2 is 1.93 bits per heavy atom. The number of nitrogens with one attached hydrogen (secondary N) is 4. The zero-order valence-electron chi connectivity index (χ0n) is 16.0. The molecule has 2 heterocycles. The van der Waals surface area contributed by atoms with Gasteiger partial charge in [-0.15, -0.1) is 5.10 Å². The van der Waals surface area contributed by atoms with Gasteiger partial charge in [-0.3, -0.25) is 10.5 Å². The third-order valence-corrected chi connectivity index (χ3v) is 4.98. The molecule has 1 fully saturated rings. The molecule has 1 aromatic heterocycles. The molecule has 4 N–H and O–H groups in total. The van der Waals surface area contributed by atoms with E-state index in [2.05, 4.69) is 26.0 Å². The van der Waals surface area contributed by atoms with Gasteiger partial charge in [-0.2, -0.15) is 0 Å². The minimum atomic E-state index is -0.729. The number of guanidine groups is 1. The van der Waals surface area contributed by atoms with Crippen LogP contribution in [0.2, 0.25) is 0 Å². The number of ether oxygens (including phenoxy) is 1. The van der Waals surface area contributed by atoms with Crippen molar-refractivity contribution in [3.63, 3.8) is 0 Å². The van der Waals surface area contributed by atoms with Crippen LogP contribution in [-0.2, 0) is 4.74 Å². The standard InChI is InChI=1S/C17H22F2N8OS/c1-21-16(20)27-5-3-26(4-6-27)15-11(18)7-10(8-12(15)19)14(23-17(29)28-2)13-9-22-25-24-13/h7-9,14H,3-6H2,1-2H3,(H2,20,21)(H,23,29)(H,22,24,25). The van der Waals surface area contributed by atoms with Gasteiger partial charge >= 0.3 is 0 Å². The third kappa shape index (κ3) is 4.53. The Labute approximate surface area is 171 Å². The summed E-state index contributed by atoms with van der Waals surface area (Å²) >= 11 is 5.03. The van der Waals surface area contributed by atoms with Crippen molar-refractivity contribution in [1.82, 2.24) is 30.9 Å². The first-order valence-electron chi connectivity index (χ1n) is 8.90. The lowest BCUT2D eigenvalue weighted by Gasteiger charge is -2.37. The molecule has 1 aliphatic rings. The number of H-pyrrole nitrogens is 1. The van der Waals surface area contributed by atoms with E-state index in [0.29, 0.717) is 37.4 Å². The molecule has 12 heteroatoms. The van der Waals surface area contributed by atoms with E-state index >= 15 is 0 Å². The largest absolute Gasteiger partial charge is 0.474 e. The van der Waals surface area contributed by atoms with E-state index in [1.54, 1.807) is 11.9 Å². The van der Waals surface area contributed by atoms with E-state index in [4.69, 9.17) is 22.4 Å². The van der Waals surface area contributed by atoms with Crippen LogP contribution in [0, 0.1) is 17.0 Å². The average Bonchev–Trinajstić information content (AvgIpc) is 3.25. The number of halogens is 2. The molecule has 0 spiro atoms. The van der Waals surface area contributed by atoms with E-state index in [1.807, 2.05) is 4.90 Å². The lowest BCUT2D eigenvalue weighted by molar-refractivity contribution is 0.369. The summed E-state index contributed by atoms with van der Waals surface area (Å²) in [6.45, 7) is 1.78. The summed E-state index contributed by atoms with van der Waals surface area (Å²) < 4.78 is 34.9. The summed E-state index contributed by atoms with van der Waals surface area (Å²) in [4.78, 5) is 3.46. The van der Waals surface area contributed by atoms with Crippen molar-refractivity contribution in [1.29, 1.82) is 5.41 Å². The Bertz CT molecular complexity index is 847. The van der Waals surface area contributed by atoms with Gasteiger partial charge in [0, 0.05) is 39.4 Å². The minimum absolute atomic E-state index is 0.0611. The molecule has 29 heavy (non-hydrogen) atoms. The number of anilines is 1. The maximum atomic E-state index is 15.0. The van der Waals surface area contributed by atoms with Crippen LogP contribution in [0.15, 0.2) is 18.3 Å². The van der Waals surface area contributed by atoms with E-state index in [0.717, 1.165) is 0 Å². The van der Waals surface area contributed by atoms with Gasteiger partial charge in [-0.1, -0.05) is 5.21 Å². The van der Waals surface area contributed by atoms with Gasteiger partial charge < -0.3 is 25.2 Å². The predicted octanol–water partition coefficient (Wildman–Crippen LogP) is 0.969. The van der Waals surface area contributed by atoms with Gasteiger partial charge in [-0.25, -0.2) is 8.78 Å². The van der Waals surface area contributed by atoms with Crippen LogP contribution in [0.4, 0.5) is 14.5 Å². The highest BCUT2D eigenvalue weighted by Gasteiger charge is 2.26. The monoisotopic (exact) mass is 424 g/mol. The van der Waals surface area contributed by atoms with Gasteiger partial charge in [0.15, 0.2) is 5.96 Å². The SMILES string of the molecule is CNC(=N)N1CCN(c2c(F)cc(C(NC(=S)OC)c3c[nH]nn3)cc2F)CC1. The van der Waals surface area contributed by atoms with Crippen LogP contribution in [0.5, 0.6) is 0 Å². The Balaban J connectivity index is 1.85. The molecule has 1 atom stereocenters. The second kappa shape index (κ2) is 8.99. The maximum Gasteiger partial charge on any atom is 0.257 e. The van der Waals surface area contributed by atoms with Gasteiger partial charge in [0.25, 0.3) is 5.17 Å². The van der Waals surface area contributed by atoms with Crippen molar-refractivity contribution in [3.8, 4) is 0 Å². The quantitative estimate of drug-likeness (QED) is 0.327. The summed E-state index contributed by atoms with van der Waals surface area (Å²) in [6.07, 6.45) is 1.51. The molecule has 0 saturated carbocycles. The molecule has 1 aromatic carbocycles. The number of thiocarbonyl (C=S) groups is 1. The van der Waals surface area contributed by atoms with Crippen molar-refractivity contribution < 1.29 is 13.5 Å². The highest BCUT2D eigenvalue weighted by atomic mass is 32.1. The van der Waals surface area contributed by atoms with E-state index in [1.165, 1.54) is 25.4 Å². The lowest BCUT2D eigenvalue weighted by Crippen LogP contribution is -2.52. The normalized spacial score (nSPS) is 15.0. The van der Waals surface area contributed by atoms with Crippen LogP contribution in [0.1, 0.15) is 17.3 Å². The smallest absolute Gasteiger partial charge is 0.257 e. The molecule has 1 saturated heterocycles. The third-order valence-electron chi connectivity index (χ3n) is 4.70. The fraction of sp³-hybridized carbons (Fsp3) is 0.412. The topological polar surface area (TPSA) is 105 Å². The number of hydrogen-bond donors (Lipinski definition) is 4. The summed E-state index contributed by atoms with van der Waals surface area (Å²) in [6, 6.07) is 1.78. The van der Waals surface area contributed by atoms with E-state index < -0.39 is 17.7 Å².